The zero-order chi connectivity index (χ0) is 15.5. The number of benzene rings is 1. The first-order valence-electron chi connectivity index (χ1n) is 6.73. The van der Waals surface area contributed by atoms with Crippen molar-refractivity contribution in [2.75, 3.05) is 11.9 Å². The quantitative estimate of drug-likeness (QED) is 0.742. The molecule has 4 nitrogen and oxygen atoms in total. The standard InChI is InChI=1S/C16H14F2N4/c1-21(16-6-7-19-9-15(16)18)10-12-8-20-22(11-12)14-4-2-13(17)3-5-14/h2-9,11H,10H2,1H3. The fourth-order valence-corrected chi connectivity index (χ4v) is 2.21. The lowest BCUT2D eigenvalue weighted by molar-refractivity contribution is 0.616. The number of aromatic nitrogens is 3. The van der Waals surface area contributed by atoms with E-state index in [9.17, 15) is 8.78 Å². The predicted molar refractivity (Wildman–Crippen MR) is 79.8 cm³/mol. The molecule has 0 saturated carbocycles. The van der Waals surface area contributed by atoms with Crippen LogP contribution in [-0.2, 0) is 6.54 Å². The topological polar surface area (TPSA) is 34.0 Å². The van der Waals surface area contributed by atoms with Gasteiger partial charge in [0.05, 0.1) is 23.8 Å². The third kappa shape index (κ3) is 2.95. The third-order valence-electron chi connectivity index (χ3n) is 3.31. The van der Waals surface area contributed by atoms with Crippen molar-refractivity contribution in [1.82, 2.24) is 14.8 Å². The maximum absolute atomic E-state index is 13.7. The van der Waals surface area contributed by atoms with Gasteiger partial charge in [-0.15, -0.1) is 0 Å². The SMILES string of the molecule is CN(Cc1cnn(-c2ccc(F)cc2)c1)c1ccncc1F. The maximum Gasteiger partial charge on any atom is 0.164 e. The first-order chi connectivity index (χ1) is 10.6. The number of pyridine rings is 1. The second kappa shape index (κ2) is 5.93. The van der Waals surface area contributed by atoms with Crippen LogP contribution in [0.15, 0.2) is 55.1 Å². The van der Waals surface area contributed by atoms with Gasteiger partial charge < -0.3 is 4.90 Å². The van der Waals surface area contributed by atoms with E-state index in [1.165, 1.54) is 18.3 Å². The van der Waals surface area contributed by atoms with E-state index in [1.54, 1.807) is 47.2 Å². The minimum absolute atomic E-state index is 0.288. The van der Waals surface area contributed by atoms with Gasteiger partial charge in [-0.3, -0.25) is 4.98 Å². The van der Waals surface area contributed by atoms with E-state index in [0.29, 0.717) is 12.2 Å². The van der Waals surface area contributed by atoms with Crippen molar-refractivity contribution in [3.63, 3.8) is 0 Å². The highest BCUT2D eigenvalue weighted by Crippen LogP contribution is 2.18. The highest BCUT2D eigenvalue weighted by Gasteiger charge is 2.09. The summed E-state index contributed by atoms with van der Waals surface area (Å²) in [5, 5.41) is 4.25. The molecule has 0 fully saturated rings. The van der Waals surface area contributed by atoms with Crippen LogP contribution in [0.1, 0.15) is 5.56 Å². The van der Waals surface area contributed by atoms with Crippen LogP contribution in [0.5, 0.6) is 0 Å². The molecule has 3 rings (SSSR count). The zero-order valence-electron chi connectivity index (χ0n) is 11.9. The first kappa shape index (κ1) is 14.2. The minimum Gasteiger partial charge on any atom is -0.368 e. The molecule has 3 aromatic rings. The number of hydrogen-bond donors (Lipinski definition) is 0. The van der Waals surface area contributed by atoms with Crippen LogP contribution >= 0.6 is 0 Å². The van der Waals surface area contributed by atoms with Crippen molar-refractivity contribution in [1.29, 1.82) is 0 Å². The van der Waals surface area contributed by atoms with Gasteiger partial charge in [0.2, 0.25) is 0 Å². The number of nitrogens with zero attached hydrogens (tertiary/aromatic N) is 4. The van der Waals surface area contributed by atoms with Gasteiger partial charge in [0.25, 0.3) is 0 Å². The van der Waals surface area contributed by atoms with Gasteiger partial charge in [-0.1, -0.05) is 0 Å². The largest absolute Gasteiger partial charge is 0.368 e. The summed E-state index contributed by atoms with van der Waals surface area (Å²) in [5.41, 5.74) is 2.16. The second-order valence-corrected chi connectivity index (χ2v) is 4.95. The molecule has 22 heavy (non-hydrogen) atoms. The van der Waals surface area contributed by atoms with Gasteiger partial charge in [-0.05, 0) is 30.3 Å². The monoisotopic (exact) mass is 300 g/mol. The van der Waals surface area contributed by atoms with Gasteiger partial charge in [0.1, 0.15) is 5.82 Å². The normalized spacial score (nSPS) is 10.7. The summed E-state index contributed by atoms with van der Waals surface area (Å²) >= 11 is 0. The van der Waals surface area contributed by atoms with Gasteiger partial charge in [0, 0.05) is 31.5 Å². The summed E-state index contributed by atoms with van der Waals surface area (Å²) in [6, 6.07) is 7.70. The fraction of sp³-hybridized carbons (Fsp3) is 0.125. The molecule has 0 atom stereocenters. The van der Waals surface area contributed by atoms with E-state index >= 15 is 0 Å². The predicted octanol–water partition coefficient (Wildman–Crippen LogP) is 3.18. The van der Waals surface area contributed by atoms with E-state index in [1.807, 2.05) is 6.20 Å². The molecule has 0 spiro atoms. The molecule has 0 aliphatic carbocycles. The molecule has 0 bridgehead atoms. The van der Waals surface area contributed by atoms with Crippen LogP contribution in [0.4, 0.5) is 14.5 Å². The lowest BCUT2D eigenvalue weighted by atomic mass is 10.3. The Morgan fingerprint density at radius 2 is 1.86 bits per heavy atom. The average Bonchev–Trinajstić information content (AvgIpc) is 2.97. The molecular weight excluding hydrogens is 286 g/mol. The molecule has 0 aliphatic heterocycles. The van der Waals surface area contributed by atoms with Crippen molar-refractivity contribution in [2.24, 2.45) is 0 Å². The summed E-state index contributed by atoms with van der Waals surface area (Å²) in [7, 11) is 1.80. The van der Waals surface area contributed by atoms with Crippen LogP contribution in [0.25, 0.3) is 5.69 Å². The summed E-state index contributed by atoms with van der Waals surface area (Å²) in [6.07, 6.45) is 6.28. The Labute approximate surface area is 126 Å². The molecule has 2 heterocycles. The van der Waals surface area contributed by atoms with E-state index in [-0.39, 0.29) is 11.6 Å². The number of rotatable bonds is 4. The highest BCUT2D eigenvalue weighted by molar-refractivity contribution is 5.45. The lowest BCUT2D eigenvalue weighted by Gasteiger charge is -2.18. The maximum atomic E-state index is 13.7. The van der Waals surface area contributed by atoms with Crippen LogP contribution in [-0.4, -0.2) is 21.8 Å². The van der Waals surface area contributed by atoms with Crippen LogP contribution in [0.3, 0.4) is 0 Å². The van der Waals surface area contributed by atoms with Gasteiger partial charge >= 0.3 is 0 Å². The fourth-order valence-electron chi connectivity index (χ4n) is 2.21. The van der Waals surface area contributed by atoms with Crippen molar-refractivity contribution in [3.8, 4) is 5.69 Å². The molecule has 0 N–H and O–H groups in total. The second-order valence-electron chi connectivity index (χ2n) is 4.95. The Balaban J connectivity index is 1.77. The summed E-state index contributed by atoms with van der Waals surface area (Å²) in [6.45, 7) is 0.502. The summed E-state index contributed by atoms with van der Waals surface area (Å²) in [4.78, 5) is 5.52. The van der Waals surface area contributed by atoms with Crippen molar-refractivity contribution in [2.45, 2.75) is 6.54 Å². The Kier molecular flexibility index (Phi) is 3.82. The first-order valence-corrected chi connectivity index (χ1v) is 6.73. The van der Waals surface area contributed by atoms with Crippen LogP contribution in [0.2, 0.25) is 0 Å². The Morgan fingerprint density at radius 3 is 2.59 bits per heavy atom. The van der Waals surface area contributed by atoms with Crippen molar-refractivity contribution < 1.29 is 8.78 Å². The lowest BCUT2D eigenvalue weighted by Crippen LogP contribution is -2.17. The van der Waals surface area contributed by atoms with E-state index < -0.39 is 0 Å². The Bertz CT molecular complexity index is 768. The molecule has 0 saturated heterocycles. The molecule has 0 unspecified atom stereocenters. The Hall–Kier alpha value is -2.76. The smallest absolute Gasteiger partial charge is 0.164 e. The Morgan fingerprint density at radius 1 is 1.09 bits per heavy atom. The van der Waals surface area contributed by atoms with Crippen molar-refractivity contribution in [3.05, 3.63) is 72.3 Å². The van der Waals surface area contributed by atoms with Gasteiger partial charge in [0.15, 0.2) is 5.82 Å². The van der Waals surface area contributed by atoms with Gasteiger partial charge in [-0.2, -0.15) is 5.10 Å². The number of anilines is 1. The molecule has 0 radical (unpaired) electrons. The van der Waals surface area contributed by atoms with Crippen molar-refractivity contribution >= 4 is 5.69 Å². The summed E-state index contributed by atoms with van der Waals surface area (Å²) < 4.78 is 28.3. The molecule has 112 valence electrons. The molecule has 1 aromatic carbocycles. The molecule has 0 amide bonds. The highest BCUT2D eigenvalue weighted by atomic mass is 19.1. The van der Waals surface area contributed by atoms with E-state index in [2.05, 4.69) is 10.1 Å². The number of halogens is 2. The third-order valence-corrected chi connectivity index (χ3v) is 3.31. The average molecular weight is 300 g/mol. The van der Waals surface area contributed by atoms with E-state index in [4.69, 9.17) is 0 Å². The van der Waals surface area contributed by atoms with Gasteiger partial charge in [-0.25, -0.2) is 13.5 Å². The van der Waals surface area contributed by atoms with E-state index in [0.717, 1.165) is 11.3 Å². The molecular formula is C16H14F2N4. The molecule has 2 aromatic heterocycles. The minimum atomic E-state index is -0.365. The van der Waals surface area contributed by atoms with Crippen LogP contribution in [0, 0.1) is 11.6 Å². The molecule has 0 aliphatic rings. The molecule has 6 heteroatoms. The zero-order valence-corrected chi connectivity index (χ0v) is 11.9. The summed E-state index contributed by atoms with van der Waals surface area (Å²) in [5.74, 6) is -0.653. The van der Waals surface area contributed by atoms with Crippen LogP contribution < -0.4 is 4.90 Å². The number of hydrogen-bond acceptors (Lipinski definition) is 3.